The van der Waals surface area contributed by atoms with Gasteiger partial charge >= 0.3 is 265 Å². The van der Waals surface area contributed by atoms with Gasteiger partial charge in [0.15, 0.2) is 0 Å². The maximum atomic E-state index is 14.1. The van der Waals surface area contributed by atoms with Crippen LogP contribution in [0.1, 0.15) is 37.5 Å². The minimum atomic E-state index is -5.35. The Balaban J connectivity index is 1.35. The Morgan fingerprint density at radius 2 is 0.822 bits per heavy atom. The van der Waals surface area contributed by atoms with E-state index in [2.05, 4.69) is 0 Å². The molecule has 218 valence electrons. The van der Waals surface area contributed by atoms with Crippen molar-refractivity contribution in [3.05, 3.63) is 166 Å². The molecular weight excluding hydrogens is 600 g/mol. The van der Waals surface area contributed by atoms with Gasteiger partial charge in [0.2, 0.25) is 0 Å². The van der Waals surface area contributed by atoms with Crippen LogP contribution in [0.2, 0.25) is 0 Å². The fraction of sp³-hybridized carbons (Fsp3) is 0.0263. The molecule has 0 spiro atoms. The van der Waals surface area contributed by atoms with Crippen LogP contribution in [0, 0.1) is 0 Å². The molecule has 0 aliphatic heterocycles. The first-order valence-electron chi connectivity index (χ1n) is 14.5. The van der Waals surface area contributed by atoms with Gasteiger partial charge in [-0.2, -0.15) is 0 Å². The van der Waals surface area contributed by atoms with Crippen LogP contribution in [0.25, 0.3) is 32.3 Å². The Hall–Kier alpha value is -5.30. The Morgan fingerprint density at radius 3 is 1.18 bits per heavy atom. The first kappa shape index (κ1) is 28.5. The Bertz CT molecular complexity index is 1960. The molecule has 0 radical (unpaired) electrons. The zero-order valence-electron chi connectivity index (χ0n) is 24.0. The molecule has 0 N–H and O–H groups in total. The van der Waals surface area contributed by atoms with E-state index in [1.54, 1.807) is 48.6 Å². The Kier molecular flexibility index (Phi) is 7.60. The number of rotatable bonds is 7. The average molecular weight is 626 g/mol. The second-order valence-electron chi connectivity index (χ2n) is 10.6. The Labute approximate surface area is 263 Å². The standard InChI is InChI=1S/3C11H8O2.C5H5.Ti/c3*12-11(13)10-7-3-5-8-4-1-2-6-9(8)10;1-2-4-5-3-1;/h3*1-7H,(H,12,13);1-3H,4H2;/q;;;;+3/p-3. The number of hydrogen-bond donors (Lipinski definition) is 0. The zero-order valence-corrected chi connectivity index (χ0v) is 25.6. The van der Waals surface area contributed by atoms with Crippen LogP contribution >= 0.6 is 0 Å². The molecule has 7 rings (SSSR count). The Morgan fingerprint density at radius 1 is 0.467 bits per heavy atom. The van der Waals surface area contributed by atoms with Crippen LogP contribution in [0.3, 0.4) is 0 Å². The summed E-state index contributed by atoms with van der Waals surface area (Å²) in [6.07, 6.45) is 5.63. The predicted octanol–water partition coefficient (Wildman–Crippen LogP) is 8.76. The molecule has 0 saturated carbocycles. The van der Waals surface area contributed by atoms with Gasteiger partial charge in [-0.25, -0.2) is 0 Å². The van der Waals surface area contributed by atoms with Crippen LogP contribution in [0.4, 0.5) is 0 Å². The van der Waals surface area contributed by atoms with E-state index in [4.69, 9.17) is 9.96 Å². The van der Waals surface area contributed by atoms with Crippen molar-refractivity contribution in [2.75, 3.05) is 0 Å². The van der Waals surface area contributed by atoms with Crippen LogP contribution in [-0.4, -0.2) is 17.9 Å². The normalized spacial score (nSPS) is 12.7. The molecule has 0 saturated heterocycles. The predicted molar refractivity (Wildman–Crippen MR) is 170 cm³/mol. The van der Waals surface area contributed by atoms with Crippen LogP contribution in [0.15, 0.2) is 149 Å². The van der Waals surface area contributed by atoms with Crippen molar-refractivity contribution in [3.8, 4) is 0 Å². The van der Waals surface area contributed by atoms with E-state index in [-0.39, 0.29) is 16.7 Å². The topological polar surface area (TPSA) is 78.9 Å². The van der Waals surface area contributed by atoms with Crippen molar-refractivity contribution >= 4 is 50.2 Å². The van der Waals surface area contributed by atoms with E-state index < -0.39 is 35.7 Å². The molecule has 1 aliphatic rings. The molecule has 0 amide bonds. The fourth-order valence-corrected chi connectivity index (χ4v) is 9.19. The summed E-state index contributed by atoms with van der Waals surface area (Å²) in [5.41, 5.74) is 0.825. The monoisotopic (exact) mass is 626 g/mol. The molecule has 0 unspecified atom stereocenters. The van der Waals surface area contributed by atoms with Crippen molar-refractivity contribution < 1.29 is 42.1 Å². The third-order valence-corrected chi connectivity index (χ3v) is 11.8. The molecule has 7 heteroatoms. The second-order valence-corrected chi connectivity index (χ2v) is 14.3. The number of fused-ring (bicyclic) bond motifs is 3. The fourth-order valence-electron chi connectivity index (χ4n) is 5.67. The van der Waals surface area contributed by atoms with Gasteiger partial charge in [-0.1, -0.05) is 0 Å². The van der Waals surface area contributed by atoms with Crippen molar-refractivity contribution in [3.63, 3.8) is 0 Å². The molecular formula is C38H26O6Ti. The van der Waals surface area contributed by atoms with Gasteiger partial charge in [0.1, 0.15) is 0 Å². The summed E-state index contributed by atoms with van der Waals surface area (Å²) in [7, 11) is 0. The molecule has 0 aromatic heterocycles. The maximum absolute atomic E-state index is 14.1. The quantitative estimate of drug-likeness (QED) is 0.165. The zero-order chi connectivity index (χ0) is 30.8. The van der Waals surface area contributed by atoms with E-state index in [1.165, 1.54) is 0 Å². The average Bonchev–Trinajstić information content (AvgIpc) is 3.63. The number of benzene rings is 6. The van der Waals surface area contributed by atoms with Crippen molar-refractivity contribution in [1.82, 2.24) is 0 Å². The summed E-state index contributed by atoms with van der Waals surface area (Å²) < 4.78 is 19.3. The van der Waals surface area contributed by atoms with Gasteiger partial charge in [0.05, 0.1) is 0 Å². The van der Waals surface area contributed by atoms with Crippen molar-refractivity contribution in [2.24, 2.45) is 0 Å². The van der Waals surface area contributed by atoms with Gasteiger partial charge in [-0.15, -0.1) is 0 Å². The van der Waals surface area contributed by atoms with Crippen molar-refractivity contribution in [2.45, 2.75) is 6.42 Å². The molecule has 1 aliphatic carbocycles. The van der Waals surface area contributed by atoms with Gasteiger partial charge in [0.25, 0.3) is 0 Å². The molecule has 0 atom stereocenters. The third-order valence-electron chi connectivity index (χ3n) is 7.87. The van der Waals surface area contributed by atoms with Gasteiger partial charge in [-0.05, 0) is 0 Å². The summed E-state index contributed by atoms with van der Waals surface area (Å²) in [5, 5.41) is 4.52. The van der Waals surface area contributed by atoms with Gasteiger partial charge in [-0.3, -0.25) is 0 Å². The summed E-state index contributed by atoms with van der Waals surface area (Å²) >= 11 is -5.35. The molecule has 0 heterocycles. The number of allylic oxidation sites excluding steroid dienone is 4. The molecule has 6 aromatic rings. The van der Waals surface area contributed by atoms with E-state index in [0.29, 0.717) is 26.5 Å². The summed E-state index contributed by atoms with van der Waals surface area (Å²) in [4.78, 5) is 42.3. The van der Waals surface area contributed by atoms with Gasteiger partial charge < -0.3 is 0 Å². The first-order valence-corrected chi connectivity index (χ1v) is 17.2. The summed E-state index contributed by atoms with van der Waals surface area (Å²) in [6.45, 7) is 0. The molecule has 45 heavy (non-hydrogen) atoms. The van der Waals surface area contributed by atoms with Crippen LogP contribution in [-0.2, 0) is 27.7 Å². The third kappa shape index (κ3) is 5.46. The molecule has 6 nitrogen and oxygen atoms in total. The van der Waals surface area contributed by atoms with E-state index >= 15 is 0 Å². The molecule has 0 bridgehead atoms. The van der Waals surface area contributed by atoms with E-state index in [1.807, 2.05) is 97.1 Å². The second kappa shape index (κ2) is 12.0. The number of carbonyl (C=O) groups is 3. The molecule has 0 fully saturated rings. The van der Waals surface area contributed by atoms with Gasteiger partial charge in [0, 0.05) is 0 Å². The minimum absolute atomic E-state index is 0.275. The summed E-state index contributed by atoms with van der Waals surface area (Å²) in [5.74, 6) is -2.22. The summed E-state index contributed by atoms with van der Waals surface area (Å²) in [6, 6.07) is 38.2. The van der Waals surface area contributed by atoms with Crippen molar-refractivity contribution in [1.29, 1.82) is 0 Å². The number of carbonyl (C=O) groups excluding carboxylic acids is 3. The van der Waals surface area contributed by atoms with E-state index in [9.17, 15) is 14.4 Å². The first-order chi connectivity index (χ1) is 22.0. The number of hydrogen-bond acceptors (Lipinski definition) is 6. The SMILES string of the molecule is O=C([O][Ti]([O]C(=O)c1cccc2ccccc12)([O]C(=O)c1cccc2ccccc12)[C]1=CC=CC1)c1cccc2ccccc12. The molecule has 6 aromatic carbocycles. The van der Waals surface area contributed by atoms with Crippen LogP contribution in [0.5, 0.6) is 0 Å². The van der Waals surface area contributed by atoms with Crippen LogP contribution < -0.4 is 0 Å². The van der Waals surface area contributed by atoms with E-state index in [0.717, 1.165) is 16.2 Å².